The molecule has 222 valence electrons. The Labute approximate surface area is 243 Å². The van der Waals surface area contributed by atoms with Gasteiger partial charge < -0.3 is 29.4 Å². The fourth-order valence-corrected chi connectivity index (χ4v) is 5.66. The van der Waals surface area contributed by atoms with Gasteiger partial charge in [-0.25, -0.2) is 4.39 Å². The number of rotatable bonds is 8. The predicted molar refractivity (Wildman–Crippen MR) is 153 cm³/mol. The second-order valence-corrected chi connectivity index (χ2v) is 11.8. The average molecular weight is 578 g/mol. The van der Waals surface area contributed by atoms with Crippen molar-refractivity contribution in [2.75, 3.05) is 26.9 Å². The van der Waals surface area contributed by atoms with Crippen molar-refractivity contribution in [1.29, 1.82) is 0 Å². The molecule has 2 fully saturated rings. The maximum atomic E-state index is 14.3. The van der Waals surface area contributed by atoms with E-state index in [-0.39, 0.29) is 49.3 Å². The van der Waals surface area contributed by atoms with Crippen LogP contribution in [0.15, 0.2) is 40.8 Å². The van der Waals surface area contributed by atoms with E-state index in [1.807, 2.05) is 6.07 Å². The number of benzene rings is 2. The molecule has 3 aromatic rings. The molecule has 0 saturated heterocycles. The minimum Gasteiger partial charge on any atom is -0.496 e. The molecule has 0 bridgehead atoms. The van der Waals surface area contributed by atoms with Gasteiger partial charge in [0.25, 0.3) is 11.8 Å². The topological polar surface area (TPSA) is 110 Å². The molecule has 1 unspecified atom stereocenters. The number of nitrogens with zero attached hydrogens (tertiary/aromatic N) is 1. The van der Waals surface area contributed by atoms with Gasteiger partial charge in [0.1, 0.15) is 22.7 Å². The number of amides is 3. The Balaban J connectivity index is 1.30. The van der Waals surface area contributed by atoms with Crippen LogP contribution in [0.2, 0.25) is 0 Å². The molecule has 6 rings (SSSR count). The van der Waals surface area contributed by atoms with Crippen molar-refractivity contribution in [2.24, 2.45) is 5.92 Å². The first-order valence-electron chi connectivity index (χ1n) is 14.6. The van der Waals surface area contributed by atoms with Crippen molar-refractivity contribution in [2.45, 2.75) is 63.6 Å². The standard InChI is InChI=1S/C32H36FN3O6/c1-32(31(39)34-16-21-8-10-22(33)15-26(21)40-2)18-41-13-12-25-24-11-9-20(29(37)35-23-4-3-5-23)14-27(24)42-28(25)30(38)36(32)17-19-6-7-19/h8-11,14-15,19,23H,3-7,12-13,16-18H2,1-2H3,(H,34,39)(H,35,37). The molecule has 10 heteroatoms. The third-order valence-corrected chi connectivity index (χ3v) is 8.73. The van der Waals surface area contributed by atoms with Crippen molar-refractivity contribution in [3.63, 3.8) is 0 Å². The molecule has 0 radical (unpaired) electrons. The van der Waals surface area contributed by atoms with Crippen LogP contribution in [0.1, 0.15) is 71.1 Å². The van der Waals surface area contributed by atoms with Gasteiger partial charge in [0.15, 0.2) is 5.76 Å². The molecule has 0 spiro atoms. The van der Waals surface area contributed by atoms with E-state index in [0.29, 0.717) is 41.0 Å². The molecule has 2 aromatic carbocycles. The number of hydrogen-bond donors (Lipinski definition) is 2. The van der Waals surface area contributed by atoms with E-state index in [1.54, 1.807) is 30.0 Å². The fourth-order valence-electron chi connectivity index (χ4n) is 5.66. The van der Waals surface area contributed by atoms with E-state index < -0.39 is 17.3 Å². The first-order valence-corrected chi connectivity index (χ1v) is 14.6. The quantitative estimate of drug-likeness (QED) is 0.412. The molecule has 2 aliphatic carbocycles. The Morgan fingerprint density at radius 2 is 1.95 bits per heavy atom. The van der Waals surface area contributed by atoms with Gasteiger partial charge in [0.2, 0.25) is 5.91 Å². The minimum absolute atomic E-state index is 0.00550. The zero-order valence-electron chi connectivity index (χ0n) is 24.0. The van der Waals surface area contributed by atoms with Crippen LogP contribution in [0.3, 0.4) is 0 Å². The lowest BCUT2D eigenvalue weighted by Gasteiger charge is -2.39. The van der Waals surface area contributed by atoms with Crippen LogP contribution >= 0.6 is 0 Å². The Kier molecular flexibility index (Phi) is 7.66. The average Bonchev–Trinajstić information content (AvgIpc) is 3.71. The van der Waals surface area contributed by atoms with E-state index in [0.717, 1.165) is 37.5 Å². The summed E-state index contributed by atoms with van der Waals surface area (Å²) in [5, 5.41) is 6.72. The summed E-state index contributed by atoms with van der Waals surface area (Å²) in [5.41, 5.74) is 0.920. The normalized spacial score (nSPS) is 21.1. The summed E-state index contributed by atoms with van der Waals surface area (Å²) in [6.07, 6.45) is 5.46. The van der Waals surface area contributed by atoms with E-state index in [1.165, 1.54) is 19.2 Å². The third kappa shape index (κ3) is 5.47. The number of carbonyl (C=O) groups excluding carboxylic acids is 3. The van der Waals surface area contributed by atoms with Gasteiger partial charge in [-0.15, -0.1) is 0 Å². The molecule has 2 saturated carbocycles. The number of halogens is 1. The first kappa shape index (κ1) is 28.2. The smallest absolute Gasteiger partial charge is 0.290 e. The van der Waals surface area contributed by atoms with Crippen LogP contribution in [-0.4, -0.2) is 61.1 Å². The molecule has 1 aliphatic heterocycles. The molecule has 2 heterocycles. The summed E-state index contributed by atoms with van der Waals surface area (Å²) < 4.78 is 31.2. The van der Waals surface area contributed by atoms with Gasteiger partial charge in [-0.3, -0.25) is 14.4 Å². The van der Waals surface area contributed by atoms with Crippen molar-refractivity contribution in [1.82, 2.24) is 15.5 Å². The summed E-state index contributed by atoms with van der Waals surface area (Å²) in [6, 6.07) is 9.61. The molecular formula is C32H36FN3O6. The maximum absolute atomic E-state index is 14.3. The van der Waals surface area contributed by atoms with Crippen LogP contribution in [0.5, 0.6) is 5.75 Å². The zero-order valence-corrected chi connectivity index (χ0v) is 24.0. The highest BCUT2D eigenvalue weighted by Crippen LogP contribution is 2.36. The van der Waals surface area contributed by atoms with Gasteiger partial charge >= 0.3 is 0 Å². The monoisotopic (exact) mass is 577 g/mol. The van der Waals surface area contributed by atoms with E-state index in [4.69, 9.17) is 13.9 Å². The lowest BCUT2D eigenvalue weighted by Crippen LogP contribution is -2.61. The lowest BCUT2D eigenvalue weighted by atomic mass is 9.93. The van der Waals surface area contributed by atoms with Crippen molar-refractivity contribution >= 4 is 28.7 Å². The van der Waals surface area contributed by atoms with Crippen LogP contribution in [-0.2, 0) is 22.5 Å². The number of carbonyl (C=O) groups is 3. The Morgan fingerprint density at radius 1 is 1.14 bits per heavy atom. The summed E-state index contributed by atoms with van der Waals surface area (Å²) in [7, 11) is 1.44. The molecule has 1 aromatic heterocycles. The molecule has 42 heavy (non-hydrogen) atoms. The fraction of sp³-hybridized carbons (Fsp3) is 0.469. The predicted octanol–water partition coefficient (Wildman–Crippen LogP) is 4.36. The summed E-state index contributed by atoms with van der Waals surface area (Å²) in [5.74, 6) is -0.583. The molecule has 9 nitrogen and oxygen atoms in total. The molecule has 1 atom stereocenters. The zero-order chi connectivity index (χ0) is 29.4. The van der Waals surface area contributed by atoms with E-state index >= 15 is 0 Å². The number of hydrogen-bond acceptors (Lipinski definition) is 6. The van der Waals surface area contributed by atoms with Gasteiger partial charge in [-0.05, 0) is 63.1 Å². The Morgan fingerprint density at radius 3 is 2.67 bits per heavy atom. The Hall–Kier alpha value is -3.92. The first-order chi connectivity index (χ1) is 20.3. The lowest BCUT2D eigenvalue weighted by molar-refractivity contribution is -0.135. The second-order valence-electron chi connectivity index (χ2n) is 11.8. The SMILES string of the molecule is COc1cc(F)ccc1CNC(=O)C1(C)COCCc2c(oc3cc(C(=O)NC4CCC4)ccc23)C(=O)N1CC1CC1. The van der Waals surface area contributed by atoms with Crippen LogP contribution in [0, 0.1) is 11.7 Å². The van der Waals surface area contributed by atoms with Gasteiger partial charge in [-0.2, -0.15) is 0 Å². The van der Waals surface area contributed by atoms with Gasteiger partial charge in [0, 0.05) is 53.7 Å². The summed E-state index contributed by atoms with van der Waals surface area (Å²) >= 11 is 0. The number of fused-ring (bicyclic) bond motifs is 3. The van der Waals surface area contributed by atoms with Crippen LogP contribution < -0.4 is 15.4 Å². The number of ether oxygens (including phenoxy) is 2. The van der Waals surface area contributed by atoms with Crippen LogP contribution in [0.25, 0.3) is 11.0 Å². The summed E-state index contributed by atoms with van der Waals surface area (Å²) in [6.45, 7) is 2.47. The summed E-state index contributed by atoms with van der Waals surface area (Å²) in [4.78, 5) is 42.5. The van der Waals surface area contributed by atoms with Gasteiger partial charge in [0.05, 0.1) is 20.3 Å². The highest BCUT2D eigenvalue weighted by atomic mass is 19.1. The van der Waals surface area contributed by atoms with Crippen LogP contribution in [0.4, 0.5) is 4.39 Å². The number of nitrogens with one attached hydrogen (secondary N) is 2. The van der Waals surface area contributed by atoms with Crippen molar-refractivity contribution < 1.29 is 32.7 Å². The van der Waals surface area contributed by atoms with Gasteiger partial charge in [-0.1, -0.05) is 12.1 Å². The third-order valence-electron chi connectivity index (χ3n) is 8.73. The molecule has 2 N–H and O–H groups in total. The maximum Gasteiger partial charge on any atom is 0.290 e. The highest BCUT2D eigenvalue weighted by molar-refractivity contribution is 6.04. The molecule has 3 amide bonds. The molecular weight excluding hydrogens is 541 g/mol. The van der Waals surface area contributed by atoms with Crippen molar-refractivity contribution in [3.8, 4) is 5.75 Å². The second kappa shape index (κ2) is 11.4. The highest BCUT2D eigenvalue weighted by Gasteiger charge is 2.47. The molecule has 3 aliphatic rings. The van der Waals surface area contributed by atoms with Crippen molar-refractivity contribution in [3.05, 3.63) is 64.7 Å². The van der Waals surface area contributed by atoms with E-state index in [9.17, 15) is 18.8 Å². The number of furan rings is 1. The Bertz CT molecular complexity index is 1530. The van der Waals surface area contributed by atoms with E-state index in [2.05, 4.69) is 10.6 Å². The minimum atomic E-state index is -1.33. The largest absolute Gasteiger partial charge is 0.496 e. The number of methoxy groups -OCH3 is 1.